The zero-order valence-corrected chi connectivity index (χ0v) is 15.2. The van der Waals surface area contributed by atoms with Gasteiger partial charge in [0.15, 0.2) is 0 Å². The topological polar surface area (TPSA) is 277 Å². The van der Waals surface area contributed by atoms with Crippen molar-refractivity contribution in [1.82, 2.24) is 16.0 Å². The minimum absolute atomic E-state index is 0.545. The summed E-state index contributed by atoms with van der Waals surface area (Å²) in [6.45, 7) is -1.93. The first-order valence-corrected chi connectivity index (χ1v) is 8.10. The van der Waals surface area contributed by atoms with Gasteiger partial charge in [-0.25, -0.2) is 4.79 Å². The molecular formula is C14H24N6O9. The van der Waals surface area contributed by atoms with Crippen LogP contribution in [0.15, 0.2) is 0 Å². The third-order valence-electron chi connectivity index (χ3n) is 3.41. The summed E-state index contributed by atoms with van der Waals surface area (Å²) in [7, 11) is 0. The fraction of sp³-hybridized carbons (Fsp3) is 0.571. The van der Waals surface area contributed by atoms with Gasteiger partial charge in [0.05, 0.1) is 32.1 Å². The molecule has 12 N–H and O–H groups in total. The van der Waals surface area contributed by atoms with Crippen LogP contribution in [0, 0.1) is 0 Å². The molecule has 0 aliphatic carbocycles. The number of aliphatic carboxylic acids is 1. The molecule has 0 saturated heterocycles. The van der Waals surface area contributed by atoms with Crippen LogP contribution >= 0.6 is 0 Å². The third-order valence-corrected chi connectivity index (χ3v) is 3.41. The van der Waals surface area contributed by atoms with Crippen LogP contribution in [0.4, 0.5) is 0 Å². The summed E-state index contributed by atoms with van der Waals surface area (Å²) in [4.78, 5) is 69.0. The molecule has 164 valence electrons. The number of carboxylic acids is 1. The van der Waals surface area contributed by atoms with E-state index in [2.05, 4.69) is 5.32 Å². The predicted octanol–water partition coefficient (Wildman–Crippen LogP) is -6.41. The zero-order valence-electron chi connectivity index (χ0n) is 15.2. The lowest BCUT2D eigenvalue weighted by atomic mass is 10.1. The highest BCUT2D eigenvalue weighted by Crippen LogP contribution is 1.98. The summed E-state index contributed by atoms with van der Waals surface area (Å²) in [6.07, 6.45) is -1.26. The summed E-state index contributed by atoms with van der Waals surface area (Å²) < 4.78 is 0. The maximum absolute atomic E-state index is 12.3. The Bertz CT molecular complexity index is 655. The fourth-order valence-electron chi connectivity index (χ4n) is 1.92. The van der Waals surface area contributed by atoms with Crippen molar-refractivity contribution in [2.45, 2.75) is 37.0 Å². The Hall–Kier alpha value is -3.30. The van der Waals surface area contributed by atoms with Gasteiger partial charge in [0.2, 0.25) is 29.5 Å². The van der Waals surface area contributed by atoms with E-state index >= 15 is 0 Å². The van der Waals surface area contributed by atoms with Crippen LogP contribution in [0.25, 0.3) is 0 Å². The molecule has 29 heavy (non-hydrogen) atoms. The van der Waals surface area contributed by atoms with Gasteiger partial charge in [-0.3, -0.25) is 24.0 Å². The van der Waals surface area contributed by atoms with Gasteiger partial charge in [-0.1, -0.05) is 0 Å². The van der Waals surface area contributed by atoms with Gasteiger partial charge >= 0.3 is 5.97 Å². The highest BCUT2D eigenvalue weighted by atomic mass is 16.4. The molecule has 0 fully saturated rings. The zero-order chi connectivity index (χ0) is 22.7. The Labute approximate surface area is 164 Å². The van der Waals surface area contributed by atoms with E-state index in [1.807, 2.05) is 10.6 Å². The summed E-state index contributed by atoms with van der Waals surface area (Å²) in [5.41, 5.74) is 15.3. The molecular weight excluding hydrogens is 396 g/mol. The van der Waals surface area contributed by atoms with Crippen molar-refractivity contribution >= 4 is 35.5 Å². The number of rotatable bonds is 13. The number of carbonyl (C=O) groups is 6. The molecule has 0 radical (unpaired) electrons. The van der Waals surface area contributed by atoms with E-state index in [4.69, 9.17) is 27.4 Å². The Balaban J connectivity index is 5.20. The third kappa shape index (κ3) is 9.45. The average Bonchev–Trinajstić information content (AvgIpc) is 2.61. The monoisotopic (exact) mass is 420 g/mol. The number of amides is 5. The quantitative estimate of drug-likeness (QED) is 0.136. The standard InChI is InChI=1S/C14H24N6O9/c15-5(1-9(16)23)11(25)18-6(2-10(17)24)12(26)19-7(3-21)13(27)20-8(4-22)14(28)29/h5-8,21-22H,1-4,15H2,(H2,16,23)(H2,17,24)(H,18,25)(H,19,26)(H,20,27)(H,28,29). The summed E-state index contributed by atoms with van der Waals surface area (Å²) >= 11 is 0. The number of nitrogens with two attached hydrogens (primary N) is 3. The van der Waals surface area contributed by atoms with Crippen molar-refractivity contribution < 1.29 is 44.1 Å². The lowest BCUT2D eigenvalue weighted by Crippen LogP contribution is -2.59. The number of aliphatic hydroxyl groups excluding tert-OH is 2. The SMILES string of the molecule is NC(=O)CC(N)C(=O)NC(CC(N)=O)C(=O)NC(CO)C(=O)NC(CO)C(=O)O. The second-order valence-electron chi connectivity index (χ2n) is 5.83. The van der Waals surface area contributed by atoms with Crippen LogP contribution in [-0.2, 0) is 28.8 Å². The molecule has 0 aromatic heterocycles. The number of hydrogen-bond acceptors (Lipinski definition) is 9. The highest BCUT2D eigenvalue weighted by molar-refractivity contribution is 5.96. The molecule has 0 aromatic rings. The second-order valence-corrected chi connectivity index (χ2v) is 5.83. The molecule has 4 atom stereocenters. The number of carbonyl (C=O) groups excluding carboxylic acids is 5. The van der Waals surface area contributed by atoms with Gasteiger partial charge in [0, 0.05) is 0 Å². The highest BCUT2D eigenvalue weighted by Gasteiger charge is 2.30. The molecule has 15 heteroatoms. The Morgan fingerprint density at radius 1 is 0.690 bits per heavy atom. The maximum atomic E-state index is 12.3. The lowest BCUT2D eigenvalue weighted by molar-refractivity contribution is -0.143. The fourth-order valence-corrected chi connectivity index (χ4v) is 1.92. The molecule has 15 nitrogen and oxygen atoms in total. The van der Waals surface area contributed by atoms with Crippen LogP contribution in [0.3, 0.4) is 0 Å². The molecule has 0 spiro atoms. The first kappa shape index (κ1) is 25.7. The van der Waals surface area contributed by atoms with E-state index in [0.29, 0.717) is 0 Å². The molecule has 0 rings (SSSR count). The predicted molar refractivity (Wildman–Crippen MR) is 93.2 cm³/mol. The summed E-state index contributed by atoms with van der Waals surface area (Å²) in [5.74, 6) is -6.76. The Morgan fingerprint density at radius 2 is 1.10 bits per heavy atom. The Morgan fingerprint density at radius 3 is 1.52 bits per heavy atom. The van der Waals surface area contributed by atoms with Crippen molar-refractivity contribution in [2.75, 3.05) is 13.2 Å². The number of carboxylic acid groups (broad SMARTS) is 1. The summed E-state index contributed by atoms with van der Waals surface area (Å²) in [6, 6.07) is -6.41. The van der Waals surface area contributed by atoms with Gasteiger partial charge < -0.3 is 48.5 Å². The molecule has 0 aromatic carbocycles. The van der Waals surface area contributed by atoms with E-state index in [1.165, 1.54) is 0 Å². The van der Waals surface area contributed by atoms with Gasteiger partial charge in [-0.2, -0.15) is 0 Å². The first-order valence-electron chi connectivity index (χ1n) is 8.10. The Kier molecular flexibility index (Phi) is 10.8. The normalized spacial score (nSPS) is 14.6. The lowest BCUT2D eigenvalue weighted by Gasteiger charge is -2.23. The minimum atomic E-state index is -1.69. The van der Waals surface area contributed by atoms with Crippen molar-refractivity contribution in [3.8, 4) is 0 Å². The molecule has 0 heterocycles. The number of primary amides is 2. The number of aliphatic hydroxyl groups is 2. The molecule has 0 bridgehead atoms. The number of hydrogen-bond donors (Lipinski definition) is 9. The molecule has 5 amide bonds. The van der Waals surface area contributed by atoms with Crippen LogP contribution in [0.2, 0.25) is 0 Å². The van der Waals surface area contributed by atoms with Gasteiger partial charge in [-0.05, 0) is 0 Å². The van der Waals surface area contributed by atoms with E-state index in [9.17, 15) is 33.9 Å². The van der Waals surface area contributed by atoms with Crippen LogP contribution < -0.4 is 33.2 Å². The van der Waals surface area contributed by atoms with Crippen LogP contribution in [-0.4, -0.2) is 88.2 Å². The van der Waals surface area contributed by atoms with Gasteiger partial charge in [-0.15, -0.1) is 0 Å². The van der Waals surface area contributed by atoms with Gasteiger partial charge in [0.25, 0.3) is 0 Å². The largest absolute Gasteiger partial charge is 0.480 e. The molecule has 0 saturated carbocycles. The van der Waals surface area contributed by atoms with E-state index in [1.54, 1.807) is 0 Å². The van der Waals surface area contributed by atoms with Crippen molar-refractivity contribution in [3.63, 3.8) is 0 Å². The maximum Gasteiger partial charge on any atom is 0.328 e. The molecule has 0 aliphatic rings. The molecule has 4 unspecified atom stereocenters. The van der Waals surface area contributed by atoms with Crippen molar-refractivity contribution in [3.05, 3.63) is 0 Å². The first-order chi connectivity index (χ1) is 13.4. The van der Waals surface area contributed by atoms with Crippen molar-refractivity contribution in [1.29, 1.82) is 0 Å². The van der Waals surface area contributed by atoms with Crippen molar-refractivity contribution in [2.24, 2.45) is 17.2 Å². The summed E-state index contributed by atoms with van der Waals surface area (Å²) in [5, 5.41) is 32.9. The minimum Gasteiger partial charge on any atom is -0.480 e. The molecule has 0 aliphatic heterocycles. The smallest absolute Gasteiger partial charge is 0.328 e. The van der Waals surface area contributed by atoms with Gasteiger partial charge in [0.1, 0.15) is 18.1 Å². The van der Waals surface area contributed by atoms with E-state index in [0.717, 1.165) is 0 Å². The van der Waals surface area contributed by atoms with E-state index < -0.39 is 85.7 Å². The van der Waals surface area contributed by atoms with Crippen LogP contribution in [0.1, 0.15) is 12.8 Å². The average molecular weight is 420 g/mol. The van der Waals surface area contributed by atoms with Crippen LogP contribution in [0.5, 0.6) is 0 Å². The number of nitrogens with one attached hydrogen (secondary N) is 3. The second kappa shape index (κ2) is 12.2. The van der Waals surface area contributed by atoms with E-state index in [-0.39, 0.29) is 0 Å².